The monoisotopic (exact) mass is 460 g/mol. The van der Waals surface area contributed by atoms with Gasteiger partial charge < -0.3 is 9.84 Å². The van der Waals surface area contributed by atoms with Gasteiger partial charge in [0, 0.05) is 0 Å². The molecule has 0 fully saturated rings. The summed E-state index contributed by atoms with van der Waals surface area (Å²) >= 11 is 4.55. The Morgan fingerprint density at radius 3 is 2.09 bits per heavy atom. The van der Waals surface area contributed by atoms with E-state index in [9.17, 15) is 27.9 Å². The zero-order valence-corrected chi connectivity index (χ0v) is 17.6. The first-order valence-electron chi connectivity index (χ1n) is 9.56. The van der Waals surface area contributed by atoms with E-state index >= 15 is 0 Å². The number of halogens is 3. The number of alkyl halides is 3. The van der Waals surface area contributed by atoms with E-state index in [1.165, 1.54) is 18.2 Å². The third-order valence-electron chi connectivity index (χ3n) is 4.81. The van der Waals surface area contributed by atoms with Crippen LogP contribution in [0, 0.1) is 0 Å². The Hall–Kier alpha value is -3.26. The van der Waals surface area contributed by atoms with Crippen LogP contribution in [0.1, 0.15) is 43.4 Å². The Bertz CT molecular complexity index is 1090. The van der Waals surface area contributed by atoms with Gasteiger partial charge in [-0.15, -0.1) is 0 Å². The highest BCUT2D eigenvalue weighted by Crippen LogP contribution is 2.31. The maximum atomic E-state index is 12.6. The number of carbonyl (C=O) groups is 2. The van der Waals surface area contributed by atoms with Crippen molar-refractivity contribution in [1.29, 1.82) is 0 Å². The number of ether oxygens (including phenoxy) is 1. The van der Waals surface area contributed by atoms with Crippen LogP contribution in [-0.4, -0.2) is 17.0 Å². The number of esters is 1. The summed E-state index contributed by atoms with van der Waals surface area (Å²) in [5.74, 6) is -1.55. The van der Waals surface area contributed by atoms with Gasteiger partial charge in [0.1, 0.15) is 6.61 Å². The molecule has 0 saturated heterocycles. The van der Waals surface area contributed by atoms with E-state index in [0.29, 0.717) is 16.7 Å². The van der Waals surface area contributed by atoms with E-state index in [0.717, 1.165) is 17.7 Å². The topological polar surface area (TPSA) is 63.6 Å². The number of thiol groups is 1. The third-order valence-corrected chi connectivity index (χ3v) is 5.39. The SMILES string of the molecule is O=C(Cc1ccc(C(S)c2ccccc2C(=O)O)cc1)OCc1ccc(C(F)(F)F)cc1. The fourth-order valence-electron chi connectivity index (χ4n) is 3.10. The largest absolute Gasteiger partial charge is 0.478 e. The number of hydrogen-bond acceptors (Lipinski definition) is 4. The van der Waals surface area contributed by atoms with Gasteiger partial charge in [0.05, 0.1) is 22.8 Å². The number of aromatic carboxylic acids is 1. The van der Waals surface area contributed by atoms with Gasteiger partial charge in [-0.2, -0.15) is 25.8 Å². The van der Waals surface area contributed by atoms with E-state index in [1.807, 2.05) is 0 Å². The summed E-state index contributed by atoms with van der Waals surface area (Å²) in [7, 11) is 0. The number of hydrogen-bond donors (Lipinski definition) is 2. The molecule has 0 aromatic heterocycles. The van der Waals surface area contributed by atoms with E-state index in [4.69, 9.17) is 4.74 Å². The average Bonchev–Trinajstić information content (AvgIpc) is 2.77. The number of carbonyl (C=O) groups excluding carboxylic acids is 1. The van der Waals surface area contributed by atoms with Crippen LogP contribution in [0.25, 0.3) is 0 Å². The second-order valence-corrected chi connectivity index (χ2v) is 7.59. The predicted molar refractivity (Wildman–Crippen MR) is 116 cm³/mol. The summed E-state index contributed by atoms with van der Waals surface area (Å²) in [6.07, 6.45) is -4.42. The Morgan fingerprint density at radius 1 is 0.906 bits per heavy atom. The molecule has 3 aromatic carbocycles. The second kappa shape index (κ2) is 9.91. The maximum absolute atomic E-state index is 12.6. The van der Waals surface area contributed by atoms with Gasteiger partial charge in [-0.05, 0) is 40.5 Å². The molecule has 166 valence electrons. The van der Waals surface area contributed by atoms with Crippen molar-refractivity contribution in [3.05, 3.63) is 106 Å². The van der Waals surface area contributed by atoms with Crippen molar-refractivity contribution >= 4 is 24.6 Å². The lowest BCUT2D eigenvalue weighted by Crippen LogP contribution is -2.09. The molecule has 0 spiro atoms. The summed E-state index contributed by atoms with van der Waals surface area (Å²) in [5.41, 5.74) is 1.87. The van der Waals surface area contributed by atoms with Gasteiger partial charge in [0.25, 0.3) is 0 Å². The van der Waals surface area contributed by atoms with E-state index in [2.05, 4.69) is 12.6 Å². The quantitative estimate of drug-likeness (QED) is 0.350. The molecule has 1 N–H and O–H groups in total. The van der Waals surface area contributed by atoms with Crippen LogP contribution in [0.3, 0.4) is 0 Å². The van der Waals surface area contributed by atoms with Crippen LogP contribution in [0.15, 0.2) is 72.8 Å². The van der Waals surface area contributed by atoms with E-state index in [1.54, 1.807) is 42.5 Å². The van der Waals surface area contributed by atoms with Gasteiger partial charge in [-0.25, -0.2) is 4.79 Å². The van der Waals surface area contributed by atoms with Crippen molar-refractivity contribution in [3.63, 3.8) is 0 Å². The van der Waals surface area contributed by atoms with Crippen LogP contribution in [0.4, 0.5) is 13.2 Å². The summed E-state index contributed by atoms with van der Waals surface area (Å²) in [6, 6.07) is 18.0. The van der Waals surface area contributed by atoms with Gasteiger partial charge in [0.2, 0.25) is 0 Å². The summed E-state index contributed by atoms with van der Waals surface area (Å²) in [4.78, 5) is 23.5. The smallest absolute Gasteiger partial charge is 0.416 e. The van der Waals surface area contributed by atoms with Crippen LogP contribution in [0.2, 0.25) is 0 Å². The van der Waals surface area contributed by atoms with E-state index in [-0.39, 0.29) is 18.6 Å². The Morgan fingerprint density at radius 2 is 1.50 bits per heavy atom. The second-order valence-electron chi connectivity index (χ2n) is 7.07. The standard InChI is InChI=1S/C24H19F3O4S/c25-24(26,27)18-11-7-16(8-12-18)14-31-21(28)13-15-5-9-17(10-6-15)22(32)19-3-1-2-4-20(19)23(29)30/h1-12,22,32H,13-14H2,(H,29,30). The fraction of sp³-hybridized carbons (Fsp3) is 0.167. The van der Waals surface area contributed by atoms with Gasteiger partial charge in [-0.1, -0.05) is 54.6 Å². The lowest BCUT2D eigenvalue weighted by molar-refractivity contribution is -0.144. The molecule has 3 rings (SSSR count). The van der Waals surface area contributed by atoms with Gasteiger partial charge in [0.15, 0.2) is 0 Å². The molecular weight excluding hydrogens is 441 g/mol. The van der Waals surface area contributed by atoms with Crippen molar-refractivity contribution in [2.24, 2.45) is 0 Å². The zero-order chi connectivity index (χ0) is 23.3. The fourth-order valence-corrected chi connectivity index (χ4v) is 3.50. The lowest BCUT2D eigenvalue weighted by atomic mass is 9.98. The highest BCUT2D eigenvalue weighted by molar-refractivity contribution is 7.80. The van der Waals surface area contributed by atoms with Gasteiger partial charge in [-0.3, -0.25) is 4.79 Å². The first-order chi connectivity index (χ1) is 15.1. The molecule has 1 unspecified atom stereocenters. The van der Waals surface area contributed by atoms with Crippen LogP contribution in [0.5, 0.6) is 0 Å². The average molecular weight is 460 g/mol. The normalized spacial score (nSPS) is 12.2. The van der Waals surface area contributed by atoms with Crippen LogP contribution >= 0.6 is 12.6 Å². The summed E-state index contributed by atoms with van der Waals surface area (Å²) in [5, 5.41) is 8.90. The number of carboxylic acid groups (broad SMARTS) is 1. The molecule has 4 nitrogen and oxygen atoms in total. The maximum Gasteiger partial charge on any atom is 0.416 e. The van der Waals surface area contributed by atoms with E-state index < -0.39 is 28.9 Å². The van der Waals surface area contributed by atoms with Crippen molar-refractivity contribution < 1.29 is 32.6 Å². The lowest BCUT2D eigenvalue weighted by Gasteiger charge is -2.15. The highest BCUT2D eigenvalue weighted by atomic mass is 32.1. The Balaban J connectivity index is 1.58. The first kappa shape index (κ1) is 23.4. The van der Waals surface area contributed by atoms with Crippen molar-refractivity contribution in [2.75, 3.05) is 0 Å². The van der Waals surface area contributed by atoms with Crippen LogP contribution < -0.4 is 0 Å². The minimum Gasteiger partial charge on any atom is -0.478 e. The van der Waals surface area contributed by atoms with Crippen LogP contribution in [-0.2, 0) is 28.7 Å². The number of carboxylic acids is 1. The molecular formula is C24H19F3O4S. The minimum absolute atomic E-state index is 0.0101. The molecule has 0 amide bonds. The predicted octanol–water partition coefficient (Wildman–Crippen LogP) is 5.71. The molecule has 0 radical (unpaired) electrons. The van der Waals surface area contributed by atoms with Gasteiger partial charge >= 0.3 is 18.1 Å². The Labute approximate surface area is 188 Å². The molecule has 0 saturated carbocycles. The summed E-state index contributed by atoms with van der Waals surface area (Å²) in [6.45, 7) is -0.125. The molecule has 8 heteroatoms. The van der Waals surface area contributed by atoms with Crippen molar-refractivity contribution in [1.82, 2.24) is 0 Å². The molecule has 32 heavy (non-hydrogen) atoms. The van der Waals surface area contributed by atoms with Crippen molar-refractivity contribution in [3.8, 4) is 0 Å². The highest BCUT2D eigenvalue weighted by Gasteiger charge is 2.29. The number of benzene rings is 3. The molecule has 0 heterocycles. The molecule has 0 aliphatic heterocycles. The van der Waals surface area contributed by atoms with Crippen molar-refractivity contribution in [2.45, 2.75) is 24.5 Å². The molecule has 0 bridgehead atoms. The minimum atomic E-state index is -4.41. The molecule has 0 aliphatic carbocycles. The molecule has 3 aromatic rings. The number of rotatable bonds is 7. The zero-order valence-electron chi connectivity index (χ0n) is 16.7. The Kier molecular flexibility index (Phi) is 7.25. The third kappa shape index (κ3) is 5.91. The summed E-state index contributed by atoms with van der Waals surface area (Å²) < 4.78 is 42.9. The molecule has 0 aliphatic rings. The molecule has 1 atom stereocenters. The first-order valence-corrected chi connectivity index (χ1v) is 10.1.